The Morgan fingerprint density at radius 3 is 1.97 bits per heavy atom. The highest BCUT2D eigenvalue weighted by Gasteiger charge is 2.58. The maximum atomic E-state index is 14.1. The Balaban J connectivity index is 1.38. The van der Waals surface area contributed by atoms with Crippen LogP contribution in [0.4, 0.5) is 0 Å². The normalized spacial score (nSPS) is 18.2. The molecular formula is C31H28N2O2. The van der Waals surface area contributed by atoms with Crippen molar-refractivity contribution in [3.63, 3.8) is 0 Å². The molecule has 6 rings (SSSR count). The summed E-state index contributed by atoms with van der Waals surface area (Å²) < 4.78 is 0. The maximum Gasteiger partial charge on any atom is 0.196 e. The number of hydrogen-bond donors (Lipinski definition) is 0. The van der Waals surface area contributed by atoms with Gasteiger partial charge < -0.3 is 0 Å². The molecule has 0 N–H and O–H groups in total. The summed E-state index contributed by atoms with van der Waals surface area (Å²) in [6.07, 6.45) is 0. The molecule has 0 bridgehead atoms. The number of hydrogen-bond acceptors (Lipinski definition) is 4. The number of ketones is 2. The first-order valence-corrected chi connectivity index (χ1v) is 12.3. The molecule has 0 saturated carbocycles. The second-order valence-corrected chi connectivity index (χ2v) is 9.67. The van der Waals surface area contributed by atoms with Crippen LogP contribution in [0.25, 0.3) is 10.8 Å². The summed E-state index contributed by atoms with van der Waals surface area (Å²) in [6, 6.07) is 29.9. The molecule has 0 aromatic heterocycles. The molecule has 35 heavy (non-hydrogen) atoms. The van der Waals surface area contributed by atoms with E-state index in [0.717, 1.165) is 36.0 Å². The van der Waals surface area contributed by atoms with Crippen LogP contribution in [0.1, 0.15) is 37.4 Å². The summed E-state index contributed by atoms with van der Waals surface area (Å²) in [4.78, 5) is 32.8. The van der Waals surface area contributed by atoms with Crippen molar-refractivity contribution in [1.82, 2.24) is 9.80 Å². The topological polar surface area (TPSA) is 40.6 Å². The van der Waals surface area contributed by atoms with Gasteiger partial charge >= 0.3 is 0 Å². The SMILES string of the molecule is Cc1ccccc1CN1CCN(C2(c3ccc4ccccc4c3)C(=O)c3ccccc3C2=O)CC1. The lowest BCUT2D eigenvalue weighted by atomic mass is 9.81. The van der Waals surface area contributed by atoms with Gasteiger partial charge in [-0.05, 0) is 40.5 Å². The van der Waals surface area contributed by atoms with Crippen molar-refractivity contribution in [3.8, 4) is 0 Å². The molecule has 1 saturated heterocycles. The Labute approximate surface area is 205 Å². The van der Waals surface area contributed by atoms with Gasteiger partial charge in [0.15, 0.2) is 17.1 Å². The van der Waals surface area contributed by atoms with Crippen LogP contribution < -0.4 is 0 Å². The Morgan fingerprint density at radius 2 is 1.29 bits per heavy atom. The Morgan fingerprint density at radius 1 is 0.686 bits per heavy atom. The van der Waals surface area contributed by atoms with Gasteiger partial charge in [0.05, 0.1) is 0 Å². The second kappa shape index (κ2) is 8.56. The molecule has 0 unspecified atom stereocenters. The monoisotopic (exact) mass is 460 g/mol. The van der Waals surface area contributed by atoms with Gasteiger partial charge in [-0.1, -0.05) is 84.9 Å². The van der Waals surface area contributed by atoms with Crippen molar-refractivity contribution in [1.29, 1.82) is 0 Å². The molecule has 4 aromatic rings. The first-order valence-electron chi connectivity index (χ1n) is 12.3. The van der Waals surface area contributed by atoms with E-state index < -0.39 is 5.54 Å². The molecule has 174 valence electrons. The standard InChI is InChI=1S/C31H28N2O2/c1-22-8-2-3-11-25(22)21-32-16-18-33(19-17-32)31(26-15-14-23-9-4-5-10-24(23)20-26)29(34)27-12-6-7-13-28(27)30(31)35/h2-15,20H,16-19,21H2,1H3. The highest BCUT2D eigenvalue weighted by atomic mass is 16.2. The van der Waals surface area contributed by atoms with Gasteiger partial charge in [-0.3, -0.25) is 19.4 Å². The molecule has 0 spiro atoms. The molecule has 4 aromatic carbocycles. The number of carbonyl (C=O) groups is 2. The minimum absolute atomic E-state index is 0.0965. The van der Waals surface area contributed by atoms with Crippen molar-refractivity contribution in [2.24, 2.45) is 0 Å². The Bertz CT molecular complexity index is 1410. The number of Topliss-reactive ketones (excluding diaryl/α,β-unsaturated/α-hetero) is 2. The van der Waals surface area contributed by atoms with E-state index in [-0.39, 0.29) is 11.6 Å². The predicted molar refractivity (Wildman–Crippen MR) is 139 cm³/mol. The molecule has 4 heteroatoms. The van der Waals surface area contributed by atoms with Crippen LogP contribution in [0.5, 0.6) is 0 Å². The van der Waals surface area contributed by atoms with Gasteiger partial charge in [-0.2, -0.15) is 0 Å². The summed E-state index contributed by atoms with van der Waals surface area (Å²) >= 11 is 0. The van der Waals surface area contributed by atoms with Crippen molar-refractivity contribution in [3.05, 3.63) is 119 Å². The number of fused-ring (bicyclic) bond motifs is 2. The molecule has 1 aliphatic carbocycles. The third kappa shape index (κ3) is 3.44. The molecule has 1 fully saturated rings. The molecule has 1 heterocycles. The van der Waals surface area contributed by atoms with Crippen molar-refractivity contribution < 1.29 is 9.59 Å². The zero-order chi connectivity index (χ0) is 24.0. The quantitative estimate of drug-likeness (QED) is 0.391. The summed E-state index contributed by atoms with van der Waals surface area (Å²) in [6.45, 7) is 5.95. The first kappa shape index (κ1) is 21.9. The lowest BCUT2D eigenvalue weighted by Crippen LogP contribution is -2.60. The fourth-order valence-electron chi connectivity index (χ4n) is 5.79. The molecular weight excluding hydrogens is 432 g/mol. The van der Waals surface area contributed by atoms with E-state index in [1.807, 2.05) is 48.5 Å². The van der Waals surface area contributed by atoms with Crippen molar-refractivity contribution in [2.45, 2.75) is 19.0 Å². The fraction of sp³-hybridized carbons (Fsp3) is 0.226. The summed E-state index contributed by atoms with van der Waals surface area (Å²) in [5.41, 5.74) is 3.16. The number of carbonyl (C=O) groups excluding carboxylic acids is 2. The van der Waals surface area contributed by atoms with E-state index in [9.17, 15) is 9.59 Å². The number of nitrogens with zero attached hydrogens (tertiary/aromatic N) is 2. The van der Waals surface area contributed by atoms with Crippen LogP contribution in [0.15, 0.2) is 91.0 Å². The highest BCUT2D eigenvalue weighted by Crippen LogP contribution is 2.43. The third-order valence-corrected chi connectivity index (χ3v) is 7.74. The Kier molecular flexibility index (Phi) is 5.36. The summed E-state index contributed by atoms with van der Waals surface area (Å²) in [5.74, 6) is -0.193. The van der Waals surface area contributed by atoms with Crippen LogP contribution in [-0.2, 0) is 12.1 Å². The number of benzene rings is 4. The lowest BCUT2D eigenvalue weighted by Gasteiger charge is -2.44. The Hall–Kier alpha value is -3.60. The molecule has 0 amide bonds. The van der Waals surface area contributed by atoms with Crippen molar-refractivity contribution >= 4 is 22.3 Å². The molecule has 0 atom stereocenters. The second-order valence-electron chi connectivity index (χ2n) is 9.67. The van der Waals surface area contributed by atoms with E-state index >= 15 is 0 Å². The van der Waals surface area contributed by atoms with Crippen LogP contribution in [0.2, 0.25) is 0 Å². The van der Waals surface area contributed by atoms with Gasteiger partial charge in [0.1, 0.15) is 0 Å². The molecule has 0 radical (unpaired) electrons. The smallest absolute Gasteiger partial charge is 0.196 e. The van der Waals surface area contributed by atoms with Gasteiger partial charge in [-0.25, -0.2) is 0 Å². The van der Waals surface area contributed by atoms with E-state index in [0.29, 0.717) is 24.2 Å². The van der Waals surface area contributed by atoms with E-state index in [2.05, 4.69) is 47.1 Å². The van der Waals surface area contributed by atoms with Crippen LogP contribution in [-0.4, -0.2) is 47.5 Å². The average molecular weight is 461 g/mol. The largest absolute Gasteiger partial charge is 0.297 e. The number of rotatable bonds is 4. The highest BCUT2D eigenvalue weighted by molar-refractivity contribution is 6.33. The molecule has 2 aliphatic rings. The third-order valence-electron chi connectivity index (χ3n) is 7.74. The average Bonchev–Trinajstić information content (AvgIpc) is 3.13. The van der Waals surface area contributed by atoms with Crippen LogP contribution in [0.3, 0.4) is 0 Å². The van der Waals surface area contributed by atoms with Crippen LogP contribution >= 0.6 is 0 Å². The van der Waals surface area contributed by atoms with E-state index in [4.69, 9.17) is 0 Å². The van der Waals surface area contributed by atoms with Gasteiger partial charge in [0.2, 0.25) is 0 Å². The summed E-state index contributed by atoms with van der Waals surface area (Å²) in [5, 5.41) is 2.14. The van der Waals surface area contributed by atoms with Gasteiger partial charge in [0.25, 0.3) is 0 Å². The zero-order valence-corrected chi connectivity index (χ0v) is 19.9. The number of piperazine rings is 1. The van der Waals surface area contributed by atoms with Gasteiger partial charge in [-0.15, -0.1) is 0 Å². The summed E-state index contributed by atoms with van der Waals surface area (Å²) in [7, 11) is 0. The molecule has 1 aliphatic heterocycles. The number of aryl methyl sites for hydroxylation is 1. The fourth-order valence-corrected chi connectivity index (χ4v) is 5.79. The van der Waals surface area contributed by atoms with E-state index in [1.54, 1.807) is 12.1 Å². The minimum atomic E-state index is -1.30. The zero-order valence-electron chi connectivity index (χ0n) is 19.9. The van der Waals surface area contributed by atoms with Crippen molar-refractivity contribution in [2.75, 3.05) is 26.2 Å². The predicted octanol–water partition coefficient (Wildman–Crippen LogP) is 5.24. The maximum absolute atomic E-state index is 14.1. The van der Waals surface area contributed by atoms with Gasteiger partial charge in [0, 0.05) is 43.9 Å². The first-order chi connectivity index (χ1) is 17.1. The minimum Gasteiger partial charge on any atom is -0.297 e. The lowest BCUT2D eigenvalue weighted by molar-refractivity contribution is 0.0279. The molecule has 4 nitrogen and oxygen atoms in total. The van der Waals surface area contributed by atoms with E-state index in [1.165, 1.54) is 11.1 Å². The van der Waals surface area contributed by atoms with Crippen LogP contribution in [0, 0.1) is 6.92 Å².